The minimum Gasteiger partial charge on any atom is -0.497 e. The van der Waals surface area contributed by atoms with E-state index >= 15 is 0 Å². The number of carbonyl (C=O) groups excluding carboxylic acids is 2. The van der Waals surface area contributed by atoms with Gasteiger partial charge in [0.05, 0.1) is 13.0 Å². The Kier molecular flexibility index (Phi) is 6.25. The number of nitrogens with one attached hydrogen (secondary N) is 1. The zero-order valence-electron chi connectivity index (χ0n) is 18.6. The second kappa shape index (κ2) is 9.26. The van der Waals surface area contributed by atoms with Crippen LogP contribution in [0.1, 0.15) is 36.3 Å². The van der Waals surface area contributed by atoms with E-state index in [2.05, 4.69) is 17.2 Å². The van der Waals surface area contributed by atoms with Gasteiger partial charge in [-0.1, -0.05) is 37.3 Å². The number of methoxy groups -OCH3 is 1. The molecule has 0 bridgehead atoms. The van der Waals surface area contributed by atoms with Gasteiger partial charge in [0.25, 0.3) is 0 Å². The molecule has 0 saturated carbocycles. The third-order valence-electron chi connectivity index (χ3n) is 5.99. The number of imidazole rings is 1. The summed E-state index contributed by atoms with van der Waals surface area (Å²) >= 11 is 0. The number of amides is 2. The molecule has 1 N–H and O–H groups in total. The molecule has 166 valence electrons. The van der Waals surface area contributed by atoms with E-state index in [9.17, 15) is 9.59 Å². The van der Waals surface area contributed by atoms with Crippen LogP contribution < -0.4 is 15.0 Å². The molecule has 1 fully saturated rings. The van der Waals surface area contributed by atoms with Gasteiger partial charge < -0.3 is 19.5 Å². The van der Waals surface area contributed by atoms with Crippen LogP contribution in [0.5, 0.6) is 5.75 Å². The molecule has 2 aromatic carbocycles. The first-order valence-electron chi connectivity index (χ1n) is 10.8. The molecule has 3 aromatic rings. The van der Waals surface area contributed by atoms with Crippen LogP contribution in [0.25, 0.3) is 0 Å². The second-order valence-electron chi connectivity index (χ2n) is 8.00. The largest absolute Gasteiger partial charge is 0.497 e. The van der Waals surface area contributed by atoms with Crippen molar-refractivity contribution in [2.45, 2.75) is 25.8 Å². The summed E-state index contributed by atoms with van der Waals surface area (Å²) in [6.45, 7) is 2.43. The Balaban J connectivity index is 1.57. The second-order valence-corrected chi connectivity index (χ2v) is 8.00. The Morgan fingerprint density at radius 2 is 2.06 bits per heavy atom. The summed E-state index contributed by atoms with van der Waals surface area (Å²) in [5, 5.41) is 3.13. The van der Waals surface area contributed by atoms with Crippen molar-refractivity contribution < 1.29 is 14.3 Å². The number of benzene rings is 2. The van der Waals surface area contributed by atoms with Crippen molar-refractivity contribution in [2.75, 3.05) is 18.6 Å². The van der Waals surface area contributed by atoms with Gasteiger partial charge in [-0.25, -0.2) is 4.98 Å². The number of rotatable bonds is 7. The molecule has 4 rings (SSSR count). The van der Waals surface area contributed by atoms with Gasteiger partial charge in [-0.05, 0) is 35.7 Å². The quantitative estimate of drug-likeness (QED) is 0.622. The standard InChI is InChI=1S/C25H28N4O3/c1-4-17-8-5-6-11-21(17)29-16-19(15-22(29)30)25(31)27-23(24-26-12-13-28(24)2)18-9-7-10-20(14-18)32-3/h5-14,19,23H,4,15-16H2,1-3H3,(H,27,31). The highest BCUT2D eigenvalue weighted by atomic mass is 16.5. The summed E-state index contributed by atoms with van der Waals surface area (Å²) in [5.41, 5.74) is 2.86. The van der Waals surface area contributed by atoms with Gasteiger partial charge in [0, 0.05) is 38.1 Å². The highest BCUT2D eigenvalue weighted by Crippen LogP contribution is 2.30. The molecule has 1 aliphatic rings. The number of hydrogen-bond acceptors (Lipinski definition) is 4. The first-order chi connectivity index (χ1) is 15.5. The van der Waals surface area contributed by atoms with Gasteiger partial charge in [-0.15, -0.1) is 0 Å². The summed E-state index contributed by atoms with van der Waals surface area (Å²) in [7, 11) is 3.50. The van der Waals surface area contributed by atoms with E-state index in [0.29, 0.717) is 18.1 Å². The lowest BCUT2D eigenvalue weighted by atomic mass is 10.0. The van der Waals surface area contributed by atoms with Gasteiger partial charge in [-0.2, -0.15) is 0 Å². The molecule has 0 aliphatic carbocycles. The summed E-state index contributed by atoms with van der Waals surface area (Å²) in [5.74, 6) is 0.797. The predicted octanol–water partition coefficient (Wildman–Crippen LogP) is 3.25. The van der Waals surface area contributed by atoms with Crippen molar-refractivity contribution in [3.8, 4) is 5.75 Å². The minimum atomic E-state index is -0.454. The van der Waals surface area contributed by atoms with E-state index in [1.807, 2.05) is 66.3 Å². The molecule has 32 heavy (non-hydrogen) atoms. The monoisotopic (exact) mass is 432 g/mol. The Morgan fingerprint density at radius 1 is 1.25 bits per heavy atom. The first-order valence-corrected chi connectivity index (χ1v) is 10.8. The molecule has 1 saturated heterocycles. The number of ether oxygens (including phenoxy) is 1. The van der Waals surface area contributed by atoms with Crippen molar-refractivity contribution >= 4 is 17.5 Å². The zero-order chi connectivity index (χ0) is 22.7. The lowest BCUT2D eigenvalue weighted by molar-refractivity contribution is -0.126. The van der Waals surface area contributed by atoms with E-state index in [1.54, 1.807) is 18.2 Å². The molecule has 2 atom stereocenters. The molecular weight excluding hydrogens is 404 g/mol. The number of hydrogen-bond donors (Lipinski definition) is 1. The summed E-state index contributed by atoms with van der Waals surface area (Å²) in [6, 6.07) is 15.0. The van der Waals surface area contributed by atoms with E-state index in [4.69, 9.17) is 4.74 Å². The summed E-state index contributed by atoms with van der Waals surface area (Å²) in [6.07, 6.45) is 4.57. The van der Waals surface area contributed by atoms with Crippen molar-refractivity contribution in [2.24, 2.45) is 13.0 Å². The highest BCUT2D eigenvalue weighted by Gasteiger charge is 2.37. The van der Waals surface area contributed by atoms with E-state index < -0.39 is 12.0 Å². The van der Waals surface area contributed by atoms with Crippen LogP contribution in [0.2, 0.25) is 0 Å². The van der Waals surface area contributed by atoms with Crippen LogP contribution in [-0.4, -0.2) is 35.0 Å². The average molecular weight is 433 g/mol. The smallest absolute Gasteiger partial charge is 0.227 e. The van der Waals surface area contributed by atoms with Gasteiger partial charge >= 0.3 is 0 Å². The van der Waals surface area contributed by atoms with Gasteiger partial charge in [0.2, 0.25) is 11.8 Å². The van der Waals surface area contributed by atoms with Gasteiger partial charge in [-0.3, -0.25) is 9.59 Å². The SMILES string of the molecule is CCc1ccccc1N1CC(C(=O)NC(c2cccc(OC)c2)c2nccn2C)CC1=O. The Labute approximate surface area is 188 Å². The Bertz CT molecular complexity index is 1120. The maximum Gasteiger partial charge on any atom is 0.227 e. The van der Waals surface area contributed by atoms with Crippen molar-refractivity contribution in [1.82, 2.24) is 14.9 Å². The highest BCUT2D eigenvalue weighted by molar-refractivity contribution is 6.01. The minimum absolute atomic E-state index is 0.0269. The predicted molar refractivity (Wildman–Crippen MR) is 122 cm³/mol. The lowest BCUT2D eigenvalue weighted by Gasteiger charge is -2.22. The number of anilines is 1. The zero-order valence-corrected chi connectivity index (χ0v) is 18.6. The number of aryl methyl sites for hydroxylation is 2. The fraction of sp³-hybridized carbons (Fsp3) is 0.320. The third-order valence-corrected chi connectivity index (χ3v) is 5.99. The van der Waals surface area contributed by atoms with Crippen molar-refractivity contribution in [3.05, 3.63) is 77.9 Å². The molecule has 0 radical (unpaired) electrons. The molecule has 0 spiro atoms. The van der Waals surface area contributed by atoms with Crippen LogP contribution in [0.4, 0.5) is 5.69 Å². The van der Waals surface area contributed by atoms with Gasteiger partial charge in [0.1, 0.15) is 17.6 Å². The molecule has 1 aromatic heterocycles. The maximum atomic E-state index is 13.3. The Morgan fingerprint density at radius 3 is 2.78 bits per heavy atom. The molecule has 1 aliphatic heterocycles. The molecular formula is C25H28N4O3. The topological polar surface area (TPSA) is 76.5 Å². The Hall–Kier alpha value is -3.61. The molecule has 7 heteroatoms. The van der Waals surface area contributed by atoms with Crippen molar-refractivity contribution in [1.29, 1.82) is 0 Å². The summed E-state index contributed by atoms with van der Waals surface area (Å²) in [4.78, 5) is 32.3. The lowest BCUT2D eigenvalue weighted by Crippen LogP contribution is -2.37. The van der Waals surface area contributed by atoms with Crippen LogP contribution in [0, 0.1) is 5.92 Å². The number of nitrogens with zero attached hydrogens (tertiary/aromatic N) is 3. The van der Waals surface area contributed by atoms with Crippen LogP contribution in [0.15, 0.2) is 60.9 Å². The van der Waals surface area contributed by atoms with Crippen molar-refractivity contribution in [3.63, 3.8) is 0 Å². The fourth-order valence-corrected chi connectivity index (χ4v) is 4.22. The van der Waals surface area contributed by atoms with Crippen LogP contribution >= 0.6 is 0 Å². The average Bonchev–Trinajstić information content (AvgIpc) is 3.42. The maximum absolute atomic E-state index is 13.3. The molecule has 2 heterocycles. The number of carbonyl (C=O) groups is 2. The fourth-order valence-electron chi connectivity index (χ4n) is 4.22. The third kappa shape index (κ3) is 4.23. The van der Waals surface area contributed by atoms with Gasteiger partial charge in [0.15, 0.2) is 0 Å². The first kappa shape index (κ1) is 21.6. The molecule has 2 unspecified atom stereocenters. The number of aromatic nitrogens is 2. The number of para-hydroxylation sites is 1. The van der Waals surface area contributed by atoms with E-state index in [0.717, 1.165) is 23.2 Å². The molecule has 7 nitrogen and oxygen atoms in total. The normalized spacial score (nSPS) is 16.8. The molecule has 2 amide bonds. The van der Waals surface area contributed by atoms with Crippen LogP contribution in [0.3, 0.4) is 0 Å². The van der Waals surface area contributed by atoms with E-state index in [-0.39, 0.29) is 18.2 Å². The van der Waals surface area contributed by atoms with E-state index in [1.165, 1.54) is 0 Å². The summed E-state index contributed by atoms with van der Waals surface area (Å²) < 4.78 is 7.25. The van der Waals surface area contributed by atoms with Crippen LogP contribution in [-0.2, 0) is 23.1 Å².